The molecule has 4 heterocycles. The average molecular weight is 1190 g/mol. The highest BCUT2D eigenvalue weighted by Crippen LogP contribution is 2.37. The Bertz CT molecular complexity index is 4080. The van der Waals surface area contributed by atoms with E-state index in [-0.39, 0.29) is 11.6 Å². The second kappa shape index (κ2) is 26.9. The number of carbonyl (C=O) groups is 6. The Morgan fingerprint density at radius 1 is 0.360 bits per heavy atom. The van der Waals surface area contributed by atoms with Gasteiger partial charge in [-0.15, -0.1) is 22.7 Å². The lowest BCUT2D eigenvalue weighted by atomic mass is 10.0. The standard InChI is InChI=1S/C68H60N6O10S2/c1-41(69-81-43(3)75)49-23-31-61-55(37-49)57-39-51(67(79)65-17-13-35-85-65)25-33-63(57)73(61)53-27-19-47(20-28-53)59(71-83-45(5)77)15-11-9-7-8-10-12-16-60(72-84-46(6)78)48-21-29-54(30-22-48)74-62-32-24-50(42(2)70-82-44(4)76)38-56(62)58-40-52(26-34-64(58)74)68(80)66-18-14-36-86-66/h13-14,17-40H,7-12,15-16H2,1-6H3. The SMILES string of the molecule is CC(=O)ON=C(C)c1ccc2c(c1)c1cc(C(=O)c3cccs3)ccc1n2-c1ccc(C(CCCCCCCCC(=NOC(C)=O)c2ccc(-n3c4ccc(C(=O)c5cccs5)cc4c4cc(C(C)=NOC(C)=O)ccc43)cc2)=NOC(C)=O)cc1. The minimum atomic E-state index is -0.520. The zero-order valence-electron chi connectivity index (χ0n) is 48.3. The molecule has 86 heavy (non-hydrogen) atoms. The van der Waals surface area contributed by atoms with E-state index in [1.54, 1.807) is 13.8 Å². The van der Waals surface area contributed by atoms with Gasteiger partial charge in [0.15, 0.2) is 0 Å². The number of aromatic nitrogens is 2. The van der Waals surface area contributed by atoms with Gasteiger partial charge in [-0.1, -0.05) is 94.8 Å². The van der Waals surface area contributed by atoms with Gasteiger partial charge < -0.3 is 28.5 Å². The first-order chi connectivity index (χ1) is 41.6. The molecule has 0 aliphatic rings. The number of benzene rings is 6. The number of oxime groups is 4. The second-order valence-corrected chi connectivity index (χ2v) is 22.6. The third-order valence-electron chi connectivity index (χ3n) is 14.6. The maximum atomic E-state index is 13.6. The molecule has 0 radical (unpaired) electrons. The Labute approximate surface area is 503 Å². The number of hydrogen-bond acceptors (Lipinski definition) is 16. The van der Waals surface area contributed by atoms with Crippen molar-refractivity contribution in [2.24, 2.45) is 20.6 Å². The minimum absolute atomic E-state index is 0.0631. The van der Waals surface area contributed by atoms with E-state index < -0.39 is 23.9 Å². The van der Waals surface area contributed by atoms with Gasteiger partial charge in [0, 0.05) is 71.7 Å². The first-order valence-corrected chi connectivity index (χ1v) is 29.9. The molecule has 0 saturated carbocycles. The Morgan fingerprint density at radius 2 is 0.663 bits per heavy atom. The molecule has 0 aliphatic heterocycles. The number of ketones is 2. The quantitative estimate of drug-likeness (QED) is 0.0195. The van der Waals surface area contributed by atoms with Crippen LogP contribution in [0.4, 0.5) is 0 Å². The number of carbonyl (C=O) groups excluding carboxylic acids is 6. The largest absolute Gasteiger partial charge is 0.331 e. The molecule has 0 N–H and O–H groups in total. The van der Waals surface area contributed by atoms with E-state index in [9.17, 15) is 28.8 Å². The van der Waals surface area contributed by atoms with E-state index in [4.69, 9.17) is 19.4 Å². The second-order valence-electron chi connectivity index (χ2n) is 20.7. The van der Waals surface area contributed by atoms with Crippen molar-refractivity contribution in [3.8, 4) is 11.4 Å². The molecule has 0 fully saturated rings. The van der Waals surface area contributed by atoms with Crippen LogP contribution in [0.2, 0.25) is 0 Å². The van der Waals surface area contributed by atoms with Crippen LogP contribution in [0.25, 0.3) is 55.0 Å². The van der Waals surface area contributed by atoms with Crippen LogP contribution >= 0.6 is 22.7 Å². The normalized spacial score (nSPS) is 12.3. The van der Waals surface area contributed by atoms with Crippen molar-refractivity contribution in [2.45, 2.75) is 92.9 Å². The summed E-state index contributed by atoms with van der Waals surface area (Å²) in [6.45, 7) is 8.78. The summed E-state index contributed by atoms with van der Waals surface area (Å²) in [6.07, 6.45) is 6.51. The predicted octanol–water partition coefficient (Wildman–Crippen LogP) is 15.4. The van der Waals surface area contributed by atoms with Crippen molar-refractivity contribution < 1.29 is 48.1 Å². The Morgan fingerprint density at radius 3 is 0.988 bits per heavy atom. The molecular formula is C68H60N6O10S2. The molecule has 0 unspecified atom stereocenters. The van der Waals surface area contributed by atoms with Gasteiger partial charge in [0.2, 0.25) is 11.6 Å². The highest BCUT2D eigenvalue weighted by atomic mass is 32.1. The summed E-state index contributed by atoms with van der Waals surface area (Å²) in [4.78, 5) is 95.9. The zero-order chi connectivity index (χ0) is 60.4. The van der Waals surface area contributed by atoms with E-state index >= 15 is 0 Å². The molecule has 0 bridgehead atoms. The molecule has 0 amide bonds. The molecular weight excluding hydrogens is 1120 g/mol. The highest BCUT2D eigenvalue weighted by Gasteiger charge is 2.21. The number of nitrogens with zero attached hydrogens (tertiary/aromatic N) is 6. The van der Waals surface area contributed by atoms with E-state index in [1.165, 1.54) is 50.4 Å². The topological polar surface area (TPSA) is 199 Å². The van der Waals surface area contributed by atoms with Crippen LogP contribution in [0.3, 0.4) is 0 Å². The van der Waals surface area contributed by atoms with Crippen molar-refractivity contribution >= 4 is 125 Å². The number of thiophene rings is 2. The molecule has 0 aliphatic carbocycles. The van der Waals surface area contributed by atoms with Gasteiger partial charge in [0.05, 0.1) is 54.7 Å². The number of unbranched alkanes of at least 4 members (excludes halogenated alkanes) is 5. The number of rotatable bonds is 23. The molecule has 0 spiro atoms. The summed E-state index contributed by atoms with van der Waals surface area (Å²) >= 11 is 2.79. The van der Waals surface area contributed by atoms with Gasteiger partial charge in [-0.2, -0.15) is 0 Å². The Hall–Kier alpha value is -9.78. The lowest BCUT2D eigenvalue weighted by Crippen LogP contribution is -2.05. The van der Waals surface area contributed by atoms with Crippen molar-refractivity contribution in [2.75, 3.05) is 0 Å². The summed E-state index contributed by atoms with van der Waals surface area (Å²) in [6, 6.07) is 46.5. The maximum Gasteiger partial charge on any atom is 0.331 e. The van der Waals surface area contributed by atoms with Gasteiger partial charge >= 0.3 is 23.9 Å². The third kappa shape index (κ3) is 13.6. The lowest BCUT2D eigenvalue weighted by Gasteiger charge is -2.11. The van der Waals surface area contributed by atoms with Crippen molar-refractivity contribution in [1.29, 1.82) is 0 Å². The van der Waals surface area contributed by atoms with E-state index in [0.29, 0.717) is 56.6 Å². The monoisotopic (exact) mass is 1180 g/mol. The van der Waals surface area contributed by atoms with Crippen LogP contribution in [0, 0.1) is 0 Å². The van der Waals surface area contributed by atoms with Gasteiger partial charge in [0.25, 0.3) is 0 Å². The van der Waals surface area contributed by atoms with Gasteiger partial charge in [-0.25, -0.2) is 19.2 Å². The maximum absolute atomic E-state index is 13.6. The summed E-state index contributed by atoms with van der Waals surface area (Å²) in [5.41, 5.74) is 11.9. The zero-order valence-corrected chi connectivity index (χ0v) is 49.9. The smallest absolute Gasteiger partial charge is 0.318 e. The molecule has 18 heteroatoms. The van der Waals surface area contributed by atoms with E-state index in [0.717, 1.165) is 116 Å². The van der Waals surface area contributed by atoms with Crippen LogP contribution in [-0.4, -0.2) is 67.4 Å². The number of hydrogen-bond donors (Lipinski definition) is 0. The molecule has 10 rings (SSSR count). The minimum Gasteiger partial charge on any atom is -0.318 e. The summed E-state index contributed by atoms with van der Waals surface area (Å²) in [7, 11) is 0. The Kier molecular flexibility index (Phi) is 18.5. The van der Waals surface area contributed by atoms with Crippen LogP contribution in [0.5, 0.6) is 0 Å². The Balaban J connectivity index is 0.803. The fourth-order valence-electron chi connectivity index (χ4n) is 10.4. The molecule has 16 nitrogen and oxygen atoms in total. The van der Waals surface area contributed by atoms with Crippen LogP contribution < -0.4 is 0 Å². The van der Waals surface area contributed by atoms with Crippen LogP contribution in [0.15, 0.2) is 177 Å². The molecule has 0 saturated heterocycles. The highest BCUT2D eigenvalue weighted by molar-refractivity contribution is 7.12. The molecule has 10 aromatic rings. The van der Waals surface area contributed by atoms with E-state index in [1.807, 2.05) is 156 Å². The summed E-state index contributed by atoms with van der Waals surface area (Å²) in [5.74, 6) is -2.19. The van der Waals surface area contributed by atoms with Gasteiger partial charge in [0.1, 0.15) is 0 Å². The molecule has 434 valence electrons. The predicted molar refractivity (Wildman–Crippen MR) is 339 cm³/mol. The number of fused-ring (bicyclic) bond motifs is 6. The van der Waals surface area contributed by atoms with E-state index in [2.05, 4.69) is 29.8 Å². The first kappa shape index (κ1) is 59.4. The summed E-state index contributed by atoms with van der Waals surface area (Å²) < 4.78 is 4.27. The van der Waals surface area contributed by atoms with Gasteiger partial charge in [-0.05, 0) is 170 Å². The van der Waals surface area contributed by atoms with Crippen molar-refractivity contribution in [3.63, 3.8) is 0 Å². The van der Waals surface area contributed by atoms with Gasteiger partial charge in [-0.3, -0.25) is 9.59 Å². The summed E-state index contributed by atoms with van der Waals surface area (Å²) in [5, 5.41) is 23.9. The van der Waals surface area contributed by atoms with Crippen molar-refractivity contribution in [1.82, 2.24) is 9.13 Å². The molecule has 6 aromatic carbocycles. The third-order valence-corrected chi connectivity index (χ3v) is 16.3. The molecule has 0 atom stereocenters. The van der Waals surface area contributed by atoms with Crippen molar-refractivity contribution in [3.05, 3.63) is 199 Å². The lowest BCUT2D eigenvalue weighted by molar-refractivity contribution is -0.141. The molecule has 4 aromatic heterocycles. The first-order valence-electron chi connectivity index (χ1n) is 28.1. The fourth-order valence-corrected chi connectivity index (χ4v) is 11.8. The van der Waals surface area contributed by atoms with Crippen LogP contribution in [0.1, 0.15) is 146 Å². The average Bonchev–Trinajstić information content (AvgIpc) is 1.65. The fraction of sp³-hybridized carbons (Fsp3) is 0.206. The van der Waals surface area contributed by atoms with Crippen LogP contribution in [-0.2, 0) is 38.5 Å².